The van der Waals surface area contributed by atoms with Gasteiger partial charge in [0.1, 0.15) is 5.82 Å². The van der Waals surface area contributed by atoms with Crippen LogP contribution in [0.15, 0.2) is 55.1 Å². The topological polar surface area (TPSA) is 83.9 Å². The molecule has 0 radical (unpaired) electrons. The summed E-state index contributed by atoms with van der Waals surface area (Å²) in [5, 5.41) is 3.03. The Hall–Kier alpha value is -3.42. The molecule has 0 bridgehead atoms. The van der Waals surface area contributed by atoms with E-state index in [0.717, 1.165) is 17.7 Å². The van der Waals surface area contributed by atoms with Crippen LogP contribution < -0.4 is 5.32 Å². The quantitative estimate of drug-likeness (QED) is 0.735. The summed E-state index contributed by atoms with van der Waals surface area (Å²) < 4.78 is 13.0. The minimum atomic E-state index is -0.299. The first-order chi connectivity index (χ1) is 13.7. The molecule has 28 heavy (non-hydrogen) atoms. The van der Waals surface area contributed by atoms with Crippen molar-refractivity contribution in [2.24, 2.45) is 0 Å². The van der Waals surface area contributed by atoms with Crippen molar-refractivity contribution in [3.05, 3.63) is 72.2 Å². The monoisotopic (exact) mass is 378 g/mol. The third-order valence-electron chi connectivity index (χ3n) is 4.71. The molecule has 0 aliphatic carbocycles. The molecule has 1 amide bonds. The summed E-state index contributed by atoms with van der Waals surface area (Å²) in [6.07, 6.45) is 7.60. The Kier molecular flexibility index (Phi) is 5.18. The zero-order chi connectivity index (χ0) is 19.3. The second-order valence-corrected chi connectivity index (χ2v) is 6.65. The van der Waals surface area contributed by atoms with Gasteiger partial charge in [0.15, 0.2) is 5.82 Å². The lowest BCUT2D eigenvalue weighted by atomic mass is 10.1. The van der Waals surface area contributed by atoms with Gasteiger partial charge in [0.25, 0.3) is 0 Å². The molecule has 1 aliphatic rings. The first-order valence-corrected chi connectivity index (χ1v) is 9.05. The van der Waals surface area contributed by atoms with E-state index in [4.69, 9.17) is 0 Å². The Morgan fingerprint density at radius 3 is 2.79 bits per heavy atom. The van der Waals surface area contributed by atoms with E-state index in [0.29, 0.717) is 24.9 Å². The number of nitrogens with one attached hydrogen (secondary N) is 1. The number of hydrogen-bond acceptors (Lipinski definition) is 6. The molecule has 4 rings (SSSR count). The van der Waals surface area contributed by atoms with Crippen molar-refractivity contribution >= 4 is 17.7 Å². The van der Waals surface area contributed by atoms with E-state index < -0.39 is 0 Å². The fourth-order valence-corrected chi connectivity index (χ4v) is 3.26. The van der Waals surface area contributed by atoms with Crippen LogP contribution in [-0.4, -0.2) is 43.8 Å². The molecular formula is C20H19FN6O. The van der Waals surface area contributed by atoms with Gasteiger partial charge in [-0.3, -0.25) is 9.78 Å². The highest BCUT2D eigenvalue weighted by Crippen LogP contribution is 2.27. The number of amides is 1. The van der Waals surface area contributed by atoms with E-state index in [-0.39, 0.29) is 24.1 Å². The summed E-state index contributed by atoms with van der Waals surface area (Å²) in [6, 6.07) is 7.93. The van der Waals surface area contributed by atoms with E-state index >= 15 is 0 Å². The molecule has 0 saturated carbocycles. The van der Waals surface area contributed by atoms with Crippen LogP contribution in [0.2, 0.25) is 0 Å². The molecule has 1 N–H and O–H groups in total. The maximum atomic E-state index is 13.0. The Bertz CT molecular complexity index is 950. The Morgan fingerprint density at radius 2 is 2.00 bits per heavy atom. The van der Waals surface area contributed by atoms with Crippen molar-refractivity contribution in [3.63, 3.8) is 0 Å². The maximum absolute atomic E-state index is 13.0. The molecule has 1 fully saturated rings. The first kappa shape index (κ1) is 18.0. The number of hydrogen-bond donors (Lipinski definition) is 1. The number of halogens is 1. The minimum Gasteiger partial charge on any atom is -0.342 e. The van der Waals surface area contributed by atoms with Gasteiger partial charge in [-0.1, -0.05) is 12.1 Å². The molecule has 7 nitrogen and oxygen atoms in total. The highest BCUT2D eigenvalue weighted by Gasteiger charge is 2.28. The number of nitrogens with zero attached hydrogens (tertiary/aromatic N) is 5. The fraction of sp³-hybridized carbons (Fsp3) is 0.250. The number of benzene rings is 1. The van der Waals surface area contributed by atoms with Crippen LogP contribution in [0.25, 0.3) is 0 Å². The SMILES string of the molecule is O=C(Cc1ccc(F)cc1)N1CC[C@H](c2ccnc(Nc3cnccn3)n2)C1. The van der Waals surface area contributed by atoms with Crippen LogP contribution in [0.5, 0.6) is 0 Å². The average molecular weight is 378 g/mol. The molecular weight excluding hydrogens is 359 g/mol. The van der Waals surface area contributed by atoms with E-state index in [1.165, 1.54) is 12.1 Å². The van der Waals surface area contributed by atoms with Gasteiger partial charge in [-0.05, 0) is 30.2 Å². The van der Waals surface area contributed by atoms with Crippen molar-refractivity contribution in [1.29, 1.82) is 0 Å². The van der Waals surface area contributed by atoms with Gasteiger partial charge < -0.3 is 10.2 Å². The molecule has 2 aromatic heterocycles. The van der Waals surface area contributed by atoms with Crippen molar-refractivity contribution in [2.45, 2.75) is 18.8 Å². The third-order valence-corrected chi connectivity index (χ3v) is 4.71. The van der Waals surface area contributed by atoms with Gasteiger partial charge in [0.05, 0.1) is 18.3 Å². The molecule has 0 unspecified atom stereocenters. The Labute approximate surface area is 161 Å². The van der Waals surface area contributed by atoms with Crippen LogP contribution in [0.3, 0.4) is 0 Å². The Morgan fingerprint density at radius 1 is 1.14 bits per heavy atom. The lowest BCUT2D eigenvalue weighted by Crippen LogP contribution is -2.30. The molecule has 1 aliphatic heterocycles. The molecule has 1 saturated heterocycles. The predicted molar refractivity (Wildman–Crippen MR) is 101 cm³/mol. The second kappa shape index (κ2) is 8.08. The first-order valence-electron chi connectivity index (χ1n) is 9.05. The lowest BCUT2D eigenvalue weighted by Gasteiger charge is -2.17. The maximum Gasteiger partial charge on any atom is 0.228 e. The van der Waals surface area contributed by atoms with Gasteiger partial charge in [-0.2, -0.15) is 0 Å². The van der Waals surface area contributed by atoms with Crippen LogP contribution in [0.1, 0.15) is 23.6 Å². The highest BCUT2D eigenvalue weighted by molar-refractivity contribution is 5.79. The number of carbonyl (C=O) groups excluding carboxylic acids is 1. The van der Waals surface area contributed by atoms with Crippen molar-refractivity contribution < 1.29 is 9.18 Å². The fourth-order valence-electron chi connectivity index (χ4n) is 3.26. The van der Waals surface area contributed by atoms with Gasteiger partial charge in [-0.15, -0.1) is 0 Å². The zero-order valence-electron chi connectivity index (χ0n) is 15.1. The lowest BCUT2D eigenvalue weighted by molar-refractivity contribution is -0.129. The van der Waals surface area contributed by atoms with Gasteiger partial charge in [0, 0.05) is 37.6 Å². The molecule has 8 heteroatoms. The smallest absolute Gasteiger partial charge is 0.228 e. The van der Waals surface area contributed by atoms with Crippen LogP contribution in [0, 0.1) is 5.82 Å². The number of aromatic nitrogens is 4. The molecule has 3 aromatic rings. The van der Waals surface area contributed by atoms with Crippen LogP contribution in [0.4, 0.5) is 16.2 Å². The summed E-state index contributed by atoms with van der Waals surface area (Å²) in [5.41, 5.74) is 1.70. The van der Waals surface area contributed by atoms with Gasteiger partial charge >= 0.3 is 0 Å². The summed E-state index contributed by atoms with van der Waals surface area (Å²) in [5.74, 6) is 0.923. The average Bonchev–Trinajstić information content (AvgIpc) is 3.21. The van der Waals surface area contributed by atoms with E-state index in [1.54, 1.807) is 36.9 Å². The van der Waals surface area contributed by atoms with Crippen molar-refractivity contribution in [3.8, 4) is 0 Å². The molecule has 0 spiro atoms. The largest absolute Gasteiger partial charge is 0.342 e. The molecule has 142 valence electrons. The molecule has 3 heterocycles. The van der Waals surface area contributed by atoms with Crippen molar-refractivity contribution in [1.82, 2.24) is 24.8 Å². The highest BCUT2D eigenvalue weighted by atomic mass is 19.1. The normalized spacial score (nSPS) is 16.2. The van der Waals surface area contributed by atoms with Crippen molar-refractivity contribution in [2.75, 3.05) is 18.4 Å². The zero-order valence-corrected chi connectivity index (χ0v) is 15.1. The number of carbonyl (C=O) groups is 1. The predicted octanol–water partition coefficient (Wildman–Crippen LogP) is 2.71. The summed E-state index contributed by atoms with van der Waals surface area (Å²) in [7, 11) is 0. The standard InChI is InChI=1S/C20H19FN6O/c21-16-3-1-14(2-4-16)11-19(28)27-10-6-15(13-27)17-5-7-24-20(25-17)26-18-12-22-8-9-23-18/h1-5,7-9,12,15H,6,10-11,13H2,(H,23,24,25,26)/t15-/m0/s1. The number of anilines is 2. The minimum absolute atomic E-state index is 0.0427. The Balaban J connectivity index is 1.39. The third kappa shape index (κ3) is 4.28. The van der Waals surface area contributed by atoms with E-state index in [2.05, 4.69) is 25.3 Å². The molecule has 1 atom stereocenters. The van der Waals surface area contributed by atoms with E-state index in [9.17, 15) is 9.18 Å². The van der Waals surface area contributed by atoms with E-state index in [1.807, 2.05) is 11.0 Å². The summed E-state index contributed by atoms with van der Waals surface area (Å²) >= 11 is 0. The summed E-state index contributed by atoms with van der Waals surface area (Å²) in [6.45, 7) is 1.29. The van der Waals surface area contributed by atoms with Crippen LogP contribution >= 0.6 is 0 Å². The second-order valence-electron chi connectivity index (χ2n) is 6.65. The summed E-state index contributed by atoms with van der Waals surface area (Å²) in [4.78, 5) is 31.3. The number of likely N-dealkylation sites (tertiary alicyclic amines) is 1. The van der Waals surface area contributed by atoms with Crippen LogP contribution in [-0.2, 0) is 11.2 Å². The van der Waals surface area contributed by atoms with Gasteiger partial charge in [0.2, 0.25) is 11.9 Å². The molecule has 1 aromatic carbocycles. The number of rotatable bonds is 5. The van der Waals surface area contributed by atoms with Gasteiger partial charge in [-0.25, -0.2) is 19.3 Å².